The molecular formula is C23H21N3OS. The first kappa shape index (κ1) is 18.2. The van der Waals surface area contributed by atoms with Crippen LogP contribution in [0.3, 0.4) is 0 Å². The Morgan fingerprint density at radius 2 is 2.04 bits per heavy atom. The number of anilines is 1. The number of thiophene rings is 1. The Balaban J connectivity index is 1.69. The molecule has 0 aliphatic carbocycles. The molecule has 0 amide bonds. The van der Waals surface area contributed by atoms with Crippen molar-refractivity contribution < 1.29 is 4.79 Å². The number of carbonyl (C=O) groups is 1. The minimum absolute atomic E-state index is 0.0200. The van der Waals surface area contributed by atoms with Gasteiger partial charge in [0.2, 0.25) is 5.78 Å². The van der Waals surface area contributed by atoms with Crippen molar-refractivity contribution in [2.24, 2.45) is 0 Å². The van der Waals surface area contributed by atoms with E-state index in [1.54, 1.807) is 17.5 Å². The van der Waals surface area contributed by atoms with Crippen molar-refractivity contribution in [2.75, 3.05) is 11.4 Å². The molecule has 0 N–H and O–H groups in total. The van der Waals surface area contributed by atoms with E-state index in [4.69, 9.17) is 0 Å². The molecule has 0 aliphatic rings. The molecule has 4 rings (SSSR count). The van der Waals surface area contributed by atoms with Crippen LogP contribution in [0.4, 0.5) is 5.69 Å². The molecule has 140 valence electrons. The SMILES string of the molecule is C=CCN(c1ccc2ccccc2c1)[C@@H](C)C(=O)c1nccn1-c1cccs1. The lowest BCUT2D eigenvalue weighted by molar-refractivity contribution is 0.0953. The van der Waals surface area contributed by atoms with E-state index in [2.05, 4.69) is 46.8 Å². The minimum atomic E-state index is -0.375. The molecular weight excluding hydrogens is 366 g/mol. The van der Waals surface area contributed by atoms with Crippen LogP contribution in [0.15, 0.2) is 85.0 Å². The highest BCUT2D eigenvalue weighted by Gasteiger charge is 2.26. The Morgan fingerprint density at radius 1 is 1.21 bits per heavy atom. The lowest BCUT2D eigenvalue weighted by Crippen LogP contribution is -2.40. The Kier molecular flexibility index (Phi) is 5.08. The second kappa shape index (κ2) is 7.82. The van der Waals surface area contributed by atoms with Crippen LogP contribution >= 0.6 is 11.3 Å². The molecule has 1 atom stereocenters. The van der Waals surface area contributed by atoms with Gasteiger partial charge in [-0.05, 0) is 47.3 Å². The van der Waals surface area contributed by atoms with Crippen molar-refractivity contribution in [3.63, 3.8) is 0 Å². The van der Waals surface area contributed by atoms with Gasteiger partial charge in [0.1, 0.15) is 5.00 Å². The number of hydrogen-bond donors (Lipinski definition) is 0. The van der Waals surface area contributed by atoms with Crippen LogP contribution in [0.5, 0.6) is 0 Å². The highest BCUT2D eigenvalue weighted by molar-refractivity contribution is 7.12. The van der Waals surface area contributed by atoms with Crippen LogP contribution in [0, 0.1) is 0 Å². The summed E-state index contributed by atoms with van der Waals surface area (Å²) in [5, 5.41) is 5.30. The average Bonchev–Trinajstić information content (AvgIpc) is 3.42. The monoisotopic (exact) mass is 387 g/mol. The molecule has 4 aromatic rings. The third-order valence-corrected chi connectivity index (χ3v) is 5.71. The smallest absolute Gasteiger partial charge is 0.220 e. The van der Waals surface area contributed by atoms with Crippen LogP contribution < -0.4 is 4.90 Å². The van der Waals surface area contributed by atoms with Gasteiger partial charge in [0.15, 0.2) is 5.82 Å². The minimum Gasteiger partial charge on any atom is -0.358 e. The first-order valence-corrected chi connectivity index (χ1v) is 10.0. The fourth-order valence-electron chi connectivity index (χ4n) is 3.38. The molecule has 28 heavy (non-hydrogen) atoms. The van der Waals surface area contributed by atoms with Gasteiger partial charge in [-0.3, -0.25) is 9.36 Å². The second-order valence-electron chi connectivity index (χ2n) is 6.58. The fourth-order valence-corrected chi connectivity index (χ4v) is 4.10. The molecule has 4 nitrogen and oxygen atoms in total. The average molecular weight is 388 g/mol. The quantitative estimate of drug-likeness (QED) is 0.317. The van der Waals surface area contributed by atoms with Gasteiger partial charge in [-0.1, -0.05) is 36.4 Å². The zero-order chi connectivity index (χ0) is 19.5. The van der Waals surface area contributed by atoms with Gasteiger partial charge < -0.3 is 4.90 Å². The normalized spacial score (nSPS) is 12.0. The van der Waals surface area contributed by atoms with Gasteiger partial charge >= 0.3 is 0 Å². The Bertz CT molecular complexity index is 1110. The maximum atomic E-state index is 13.3. The summed E-state index contributed by atoms with van der Waals surface area (Å²) in [4.78, 5) is 19.7. The van der Waals surface area contributed by atoms with Gasteiger partial charge in [0, 0.05) is 24.6 Å². The molecule has 2 heterocycles. The van der Waals surface area contributed by atoms with Gasteiger partial charge in [-0.25, -0.2) is 4.98 Å². The Morgan fingerprint density at radius 3 is 2.79 bits per heavy atom. The number of fused-ring (bicyclic) bond motifs is 1. The topological polar surface area (TPSA) is 38.1 Å². The molecule has 2 aromatic carbocycles. The highest BCUT2D eigenvalue weighted by Crippen LogP contribution is 2.25. The van der Waals surface area contributed by atoms with Crippen LogP contribution in [0.25, 0.3) is 15.8 Å². The van der Waals surface area contributed by atoms with Crippen LogP contribution in [0.2, 0.25) is 0 Å². The summed E-state index contributed by atoms with van der Waals surface area (Å²) in [5.41, 5.74) is 0.994. The number of hydrogen-bond acceptors (Lipinski definition) is 4. The largest absolute Gasteiger partial charge is 0.358 e. The summed E-state index contributed by atoms with van der Waals surface area (Å²) in [6.07, 6.45) is 5.33. The molecule has 5 heteroatoms. The Hall–Kier alpha value is -3.18. The van der Waals surface area contributed by atoms with Crippen molar-refractivity contribution in [3.05, 3.63) is 90.9 Å². The number of nitrogens with zero attached hydrogens (tertiary/aromatic N) is 3. The van der Waals surface area contributed by atoms with Crippen LogP contribution in [-0.4, -0.2) is 27.9 Å². The summed E-state index contributed by atoms with van der Waals surface area (Å²) in [5.74, 6) is 0.429. The van der Waals surface area contributed by atoms with E-state index in [1.165, 1.54) is 5.39 Å². The van der Waals surface area contributed by atoms with E-state index in [-0.39, 0.29) is 11.8 Å². The molecule has 0 saturated heterocycles. The van der Waals surface area contributed by atoms with Crippen molar-refractivity contribution in [1.29, 1.82) is 0 Å². The summed E-state index contributed by atoms with van der Waals surface area (Å²) in [6, 6.07) is 18.1. The number of imidazole rings is 1. The lowest BCUT2D eigenvalue weighted by Gasteiger charge is -2.29. The van der Waals surface area contributed by atoms with Crippen molar-refractivity contribution in [3.8, 4) is 5.00 Å². The van der Waals surface area contributed by atoms with Crippen molar-refractivity contribution >= 4 is 33.6 Å². The zero-order valence-corrected chi connectivity index (χ0v) is 16.5. The molecule has 0 bridgehead atoms. The van der Waals surface area contributed by atoms with Gasteiger partial charge in [0.05, 0.1) is 6.04 Å². The zero-order valence-electron chi connectivity index (χ0n) is 15.7. The van der Waals surface area contributed by atoms with E-state index >= 15 is 0 Å². The van der Waals surface area contributed by atoms with E-state index in [0.29, 0.717) is 12.4 Å². The van der Waals surface area contributed by atoms with Gasteiger partial charge in [-0.2, -0.15) is 0 Å². The number of ketones is 1. The lowest BCUT2D eigenvalue weighted by atomic mass is 10.1. The highest BCUT2D eigenvalue weighted by atomic mass is 32.1. The van der Waals surface area contributed by atoms with Gasteiger partial charge in [0.25, 0.3) is 0 Å². The van der Waals surface area contributed by atoms with E-state index in [9.17, 15) is 4.79 Å². The molecule has 2 aromatic heterocycles. The number of rotatable bonds is 7. The molecule has 0 saturated carbocycles. The second-order valence-corrected chi connectivity index (χ2v) is 7.51. The van der Waals surface area contributed by atoms with Crippen molar-refractivity contribution in [2.45, 2.75) is 13.0 Å². The Labute approximate surface area is 168 Å². The predicted molar refractivity (Wildman–Crippen MR) is 117 cm³/mol. The first-order valence-electron chi connectivity index (χ1n) is 9.17. The van der Waals surface area contributed by atoms with Crippen molar-refractivity contribution in [1.82, 2.24) is 9.55 Å². The molecule has 0 radical (unpaired) electrons. The third kappa shape index (κ3) is 3.37. The molecule has 0 fully saturated rings. The van der Waals surface area contributed by atoms with Crippen LogP contribution in [-0.2, 0) is 0 Å². The maximum Gasteiger partial charge on any atom is 0.220 e. The van der Waals surface area contributed by atoms with E-state index < -0.39 is 0 Å². The maximum absolute atomic E-state index is 13.3. The standard InChI is InChI=1S/C23H21N3OS/c1-3-13-25(20-11-10-18-7-4-5-8-19(18)16-20)17(2)22(27)23-24-12-14-26(23)21-9-6-15-28-21/h3-12,14-17H,1,13H2,2H3/t17-/m0/s1. The fraction of sp³-hybridized carbons (Fsp3) is 0.130. The van der Waals surface area contributed by atoms with Gasteiger partial charge in [-0.15, -0.1) is 17.9 Å². The number of carbonyl (C=O) groups excluding carboxylic acids is 1. The van der Waals surface area contributed by atoms with E-state index in [0.717, 1.165) is 16.1 Å². The molecule has 0 aliphatic heterocycles. The van der Waals surface area contributed by atoms with Crippen LogP contribution in [0.1, 0.15) is 17.5 Å². The summed E-state index contributed by atoms with van der Waals surface area (Å²) in [6.45, 7) is 6.38. The summed E-state index contributed by atoms with van der Waals surface area (Å²) >= 11 is 1.58. The third-order valence-electron chi connectivity index (χ3n) is 4.84. The summed E-state index contributed by atoms with van der Waals surface area (Å²) in [7, 11) is 0. The number of benzene rings is 2. The number of aromatic nitrogens is 2. The number of Topliss-reactive ketones (excluding diaryl/α,β-unsaturated/α-hetero) is 1. The molecule has 0 spiro atoms. The summed E-state index contributed by atoms with van der Waals surface area (Å²) < 4.78 is 1.86. The predicted octanol–water partition coefficient (Wildman–Crippen LogP) is 5.35. The molecule has 0 unspecified atom stereocenters. The first-order chi connectivity index (χ1) is 13.7. The van der Waals surface area contributed by atoms with E-state index in [1.807, 2.05) is 53.4 Å².